The first kappa shape index (κ1) is 15.6. The number of nitrogens with zero attached hydrogens (tertiary/aromatic N) is 1. The Kier molecular flexibility index (Phi) is 6.22. The average molecular weight is 292 g/mol. The Bertz CT molecular complexity index is 397. The molecular formula is C13H19Cl2NO2. The van der Waals surface area contributed by atoms with Crippen molar-refractivity contribution in [2.75, 3.05) is 20.7 Å². The smallest absolute Gasteiger partial charge is 0.142 e. The van der Waals surface area contributed by atoms with Gasteiger partial charge < -0.3 is 14.7 Å². The normalized spacial score (nSPS) is 12.8. The summed E-state index contributed by atoms with van der Waals surface area (Å²) < 4.78 is 5.29. The highest BCUT2D eigenvalue weighted by Crippen LogP contribution is 2.32. The quantitative estimate of drug-likeness (QED) is 0.874. The molecule has 0 saturated heterocycles. The van der Waals surface area contributed by atoms with Crippen LogP contribution in [0.3, 0.4) is 0 Å². The fourth-order valence-electron chi connectivity index (χ4n) is 1.74. The summed E-state index contributed by atoms with van der Waals surface area (Å²) in [6, 6.07) is 3.52. The molecule has 1 atom stereocenters. The van der Waals surface area contributed by atoms with Gasteiger partial charge in [-0.25, -0.2) is 0 Å². The second kappa shape index (κ2) is 7.19. The molecule has 1 aromatic carbocycles. The number of methoxy groups -OCH3 is 1. The van der Waals surface area contributed by atoms with Crippen LogP contribution in [0.2, 0.25) is 10.0 Å². The van der Waals surface area contributed by atoms with E-state index < -0.39 is 0 Å². The summed E-state index contributed by atoms with van der Waals surface area (Å²) in [7, 11) is 3.57. The van der Waals surface area contributed by atoms with E-state index in [0.29, 0.717) is 22.3 Å². The highest BCUT2D eigenvalue weighted by atomic mass is 35.5. The van der Waals surface area contributed by atoms with Crippen LogP contribution in [0, 0.1) is 0 Å². The number of rotatable bonds is 6. The molecule has 5 heteroatoms. The Morgan fingerprint density at radius 2 is 2.06 bits per heavy atom. The van der Waals surface area contributed by atoms with Crippen molar-refractivity contribution in [2.24, 2.45) is 0 Å². The van der Waals surface area contributed by atoms with E-state index in [1.165, 1.54) is 0 Å². The Labute approximate surface area is 118 Å². The minimum absolute atomic E-state index is 0.294. The lowest BCUT2D eigenvalue weighted by Crippen LogP contribution is -2.22. The number of halogens is 2. The predicted octanol–water partition coefficient (Wildman–Crippen LogP) is 3.20. The number of aliphatic hydroxyl groups is 1. The minimum Gasteiger partial charge on any atom is -0.495 e. The molecule has 1 N–H and O–H groups in total. The van der Waals surface area contributed by atoms with Crippen molar-refractivity contribution in [1.29, 1.82) is 0 Å². The van der Waals surface area contributed by atoms with Gasteiger partial charge in [0.05, 0.1) is 18.2 Å². The lowest BCUT2D eigenvalue weighted by atomic mass is 10.1. The van der Waals surface area contributed by atoms with E-state index >= 15 is 0 Å². The van der Waals surface area contributed by atoms with Crippen molar-refractivity contribution in [3.63, 3.8) is 0 Å². The van der Waals surface area contributed by atoms with Crippen molar-refractivity contribution < 1.29 is 9.84 Å². The van der Waals surface area contributed by atoms with Crippen molar-refractivity contribution in [3.8, 4) is 5.75 Å². The molecule has 0 fully saturated rings. The molecule has 0 aliphatic carbocycles. The maximum atomic E-state index is 9.26. The summed E-state index contributed by atoms with van der Waals surface area (Å²) in [5.41, 5.74) is 0.947. The first-order chi connectivity index (χ1) is 8.43. The summed E-state index contributed by atoms with van der Waals surface area (Å²) in [5.74, 6) is 0.657. The third kappa shape index (κ3) is 4.65. The summed E-state index contributed by atoms with van der Waals surface area (Å²) in [6.07, 6.45) is 0.435. The van der Waals surface area contributed by atoms with Crippen LogP contribution in [-0.2, 0) is 6.54 Å². The molecule has 0 saturated carbocycles. The summed E-state index contributed by atoms with van der Waals surface area (Å²) in [6.45, 7) is 3.26. The molecule has 0 aliphatic heterocycles. The van der Waals surface area contributed by atoms with Gasteiger partial charge in [0.2, 0.25) is 0 Å². The predicted molar refractivity (Wildman–Crippen MR) is 75.6 cm³/mol. The van der Waals surface area contributed by atoms with Crippen molar-refractivity contribution in [3.05, 3.63) is 27.7 Å². The van der Waals surface area contributed by atoms with Gasteiger partial charge >= 0.3 is 0 Å². The molecule has 0 heterocycles. The van der Waals surface area contributed by atoms with Gasteiger partial charge in [0, 0.05) is 23.7 Å². The molecular weight excluding hydrogens is 273 g/mol. The minimum atomic E-state index is -0.294. The van der Waals surface area contributed by atoms with Gasteiger partial charge in [0.25, 0.3) is 0 Å². The molecule has 0 spiro atoms. The average Bonchev–Trinajstić information content (AvgIpc) is 2.26. The zero-order chi connectivity index (χ0) is 13.7. The van der Waals surface area contributed by atoms with Crippen LogP contribution in [0.15, 0.2) is 12.1 Å². The van der Waals surface area contributed by atoms with Crippen LogP contribution in [0.4, 0.5) is 0 Å². The molecule has 0 bridgehead atoms. The summed E-state index contributed by atoms with van der Waals surface area (Å²) in [5, 5.41) is 10.4. The van der Waals surface area contributed by atoms with E-state index in [9.17, 15) is 5.11 Å². The van der Waals surface area contributed by atoms with E-state index in [4.69, 9.17) is 27.9 Å². The molecule has 1 unspecified atom stereocenters. The third-order valence-electron chi connectivity index (χ3n) is 2.66. The Morgan fingerprint density at radius 1 is 1.39 bits per heavy atom. The summed E-state index contributed by atoms with van der Waals surface area (Å²) in [4.78, 5) is 2.09. The highest BCUT2D eigenvalue weighted by Gasteiger charge is 2.12. The van der Waals surface area contributed by atoms with Crippen molar-refractivity contribution in [2.45, 2.75) is 26.0 Å². The maximum absolute atomic E-state index is 9.26. The largest absolute Gasteiger partial charge is 0.495 e. The van der Waals surface area contributed by atoms with E-state index in [1.54, 1.807) is 20.1 Å². The molecule has 1 rings (SSSR count). The molecule has 102 valence electrons. The van der Waals surface area contributed by atoms with Gasteiger partial charge in [0.1, 0.15) is 5.75 Å². The molecule has 0 aromatic heterocycles. The van der Waals surface area contributed by atoms with E-state index in [-0.39, 0.29) is 6.10 Å². The van der Waals surface area contributed by atoms with Crippen molar-refractivity contribution in [1.82, 2.24) is 4.90 Å². The highest BCUT2D eigenvalue weighted by molar-refractivity contribution is 6.35. The zero-order valence-electron chi connectivity index (χ0n) is 10.9. The lowest BCUT2D eigenvalue weighted by molar-refractivity contribution is 0.162. The Balaban J connectivity index is 2.76. The third-order valence-corrected chi connectivity index (χ3v) is 3.16. The van der Waals surface area contributed by atoms with Gasteiger partial charge in [-0.15, -0.1) is 0 Å². The van der Waals surface area contributed by atoms with Gasteiger partial charge in [-0.05, 0) is 32.5 Å². The molecule has 18 heavy (non-hydrogen) atoms. The van der Waals surface area contributed by atoms with Crippen LogP contribution < -0.4 is 4.74 Å². The second-order valence-corrected chi connectivity index (χ2v) is 5.30. The fraction of sp³-hybridized carbons (Fsp3) is 0.538. The van der Waals surface area contributed by atoms with Crippen LogP contribution in [0.1, 0.15) is 18.9 Å². The molecule has 0 amide bonds. The van der Waals surface area contributed by atoms with E-state index in [2.05, 4.69) is 4.90 Å². The SMILES string of the molecule is COc1c(Cl)cc(Cl)cc1CN(C)CCC(C)O. The van der Waals surface area contributed by atoms with Crippen LogP contribution in [-0.4, -0.2) is 36.8 Å². The number of benzene rings is 1. The van der Waals surface area contributed by atoms with Gasteiger partial charge in [0.15, 0.2) is 0 Å². The van der Waals surface area contributed by atoms with Crippen molar-refractivity contribution >= 4 is 23.2 Å². The van der Waals surface area contributed by atoms with E-state index in [0.717, 1.165) is 18.5 Å². The Hall–Kier alpha value is -0.480. The van der Waals surface area contributed by atoms with Gasteiger partial charge in [-0.2, -0.15) is 0 Å². The molecule has 3 nitrogen and oxygen atoms in total. The lowest BCUT2D eigenvalue weighted by Gasteiger charge is -2.19. The van der Waals surface area contributed by atoms with Crippen LogP contribution in [0.25, 0.3) is 0 Å². The standard InChI is InChI=1S/C13H19Cl2NO2/c1-9(17)4-5-16(2)8-10-6-11(14)7-12(15)13(10)18-3/h6-7,9,17H,4-5,8H2,1-3H3. The fourth-order valence-corrected chi connectivity index (χ4v) is 2.35. The van der Waals surface area contributed by atoms with Gasteiger partial charge in [-0.3, -0.25) is 0 Å². The number of hydrogen-bond acceptors (Lipinski definition) is 3. The Morgan fingerprint density at radius 3 is 2.61 bits per heavy atom. The topological polar surface area (TPSA) is 32.7 Å². The zero-order valence-corrected chi connectivity index (χ0v) is 12.4. The first-order valence-electron chi connectivity index (χ1n) is 5.82. The monoisotopic (exact) mass is 291 g/mol. The first-order valence-corrected chi connectivity index (χ1v) is 6.58. The molecule has 0 aliphatic rings. The van der Waals surface area contributed by atoms with E-state index in [1.807, 2.05) is 13.1 Å². The maximum Gasteiger partial charge on any atom is 0.142 e. The second-order valence-electron chi connectivity index (χ2n) is 4.46. The van der Waals surface area contributed by atoms with Crippen LogP contribution >= 0.6 is 23.2 Å². The number of hydrogen-bond donors (Lipinski definition) is 1. The molecule has 0 radical (unpaired) electrons. The summed E-state index contributed by atoms with van der Waals surface area (Å²) >= 11 is 12.1. The van der Waals surface area contributed by atoms with Gasteiger partial charge in [-0.1, -0.05) is 23.2 Å². The number of ether oxygens (including phenoxy) is 1. The van der Waals surface area contributed by atoms with Crippen LogP contribution in [0.5, 0.6) is 5.75 Å². The number of aliphatic hydroxyl groups excluding tert-OH is 1. The molecule has 1 aromatic rings.